The van der Waals surface area contributed by atoms with Crippen molar-refractivity contribution in [3.05, 3.63) is 65.5 Å². The van der Waals surface area contributed by atoms with Gasteiger partial charge in [-0.1, -0.05) is 24.3 Å². The van der Waals surface area contributed by atoms with Crippen LogP contribution in [0.1, 0.15) is 15.9 Å². The van der Waals surface area contributed by atoms with Crippen LogP contribution in [0.3, 0.4) is 0 Å². The molecular formula is C16H16FNO2. The molecule has 0 saturated carbocycles. The van der Waals surface area contributed by atoms with Crippen LogP contribution in [0.2, 0.25) is 0 Å². The number of carbonyl (C=O) groups is 1. The Morgan fingerprint density at radius 3 is 2.75 bits per heavy atom. The number of methoxy groups -OCH3 is 1. The van der Waals surface area contributed by atoms with Crippen molar-refractivity contribution in [2.75, 3.05) is 13.7 Å². The van der Waals surface area contributed by atoms with E-state index in [1.54, 1.807) is 49.6 Å². The second-order valence-electron chi connectivity index (χ2n) is 4.33. The molecule has 0 aliphatic rings. The minimum absolute atomic E-state index is 0.194. The third kappa shape index (κ3) is 3.57. The summed E-state index contributed by atoms with van der Waals surface area (Å²) in [6.07, 6.45) is 0.461. The first-order chi connectivity index (χ1) is 9.70. The van der Waals surface area contributed by atoms with E-state index in [0.717, 1.165) is 0 Å². The van der Waals surface area contributed by atoms with Gasteiger partial charge < -0.3 is 10.1 Å². The lowest BCUT2D eigenvalue weighted by Crippen LogP contribution is -2.25. The number of benzene rings is 2. The summed E-state index contributed by atoms with van der Waals surface area (Å²) in [4.78, 5) is 11.9. The molecule has 0 atom stereocenters. The lowest BCUT2D eigenvalue weighted by atomic mass is 10.1. The summed E-state index contributed by atoms with van der Waals surface area (Å²) in [6.45, 7) is 0.386. The molecule has 0 saturated heterocycles. The van der Waals surface area contributed by atoms with Crippen molar-refractivity contribution in [2.45, 2.75) is 6.42 Å². The lowest BCUT2D eigenvalue weighted by molar-refractivity contribution is 0.0953. The van der Waals surface area contributed by atoms with E-state index in [9.17, 15) is 9.18 Å². The molecule has 2 aromatic carbocycles. The molecule has 0 fully saturated rings. The van der Waals surface area contributed by atoms with E-state index < -0.39 is 0 Å². The molecule has 2 aromatic rings. The van der Waals surface area contributed by atoms with Crippen molar-refractivity contribution in [1.29, 1.82) is 0 Å². The first-order valence-electron chi connectivity index (χ1n) is 6.36. The Morgan fingerprint density at radius 2 is 2.00 bits per heavy atom. The Morgan fingerprint density at radius 1 is 1.20 bits per heavy atom. The summed E-state index contributed by atoms with van der Waals surface area (Å²) in [5.74, 6) is 0.190. The van der Waals surface area contributed by atoms with Crippen molar-refractivity contribution in [3.63, 3.8) is 0 Å². The molecule has 0 aliphatic heterocycles. The largest absolute Gasteiger partial charge is 0.497 e. The average molecular weight is 273 g/mol. The molecule has 0 aliphatic carbocycles. The van der Waals surface area contributed by atoms with Gasteiger partial charge in [-0.15, -0.1) is 0 Å². The highest BCUT2D eigenvalue weighted by Gasteiger charge is 2.06. The number of nitrogens with one attached hydrogen (secondary N) is 1. The molecule has 0 bridgehead atoms. The number of hydrogen-bond acceptors (Lipinski definition) is 2. The molecule has 20 heavy (non-hydrogen) atoms. The Hall–Kier alpha value is -2.36. The highest BCUT2D eigenvalue weighted by atomic mass is 19.1. The van der Waals surface area contributed by atoms with E-state index in [4.69, 9.17) is 4.74 Å². The van der Waals surface area contributed by atoms with E-state index in [0.29, 0.717) is 29.8 Å². The highest BCUT2D eigenvalue weighted by Crippen LogP contribution is 2.12. The molecular weight excluding hydrogens is 257 g/mol. The average Bonchev–Trinajstić information content (AvgIpc) is 2.49. The van der Waals surface area contributed by atoms with Gasteiger partial charge in [0, 0.05) is 12.1 Å². The maximum Gasteiger partial charge on any atom is 0.251 e. The van der Waals surface area contributed by atoms with E-state index in [-0.39, 0.29) is 11.7 Å². The van der Waals surface area contributed by atoms with Gasteiger partial charge in [-0.25, -0.2) is 4.39 Å². The molecule has 1 N–H and O–H groups in total. The van der Waals surface area contributed by atoms with Crippen LogP contribution >= 0.6 is 0 Å². The molecule has 0 aromatic heterocycles. The minimum Gasteiger partial charge on any atom is -0.497 e. The lowest BCUT2D eigenvalue weighted by Gasteiger charge is -2.07. The smallest absolute Gasteiger partial charge is 0.251 e. The van der Waals surface area contributed by atoms with Gasteiger partial charge in [-0.3, -0.25) is 4.79 Å². The molecule has 2 rings (SSSR count). The van der Waals surface area contributed by atoms with Crippen LogP contribution in [-0.4, -0.2) is 19.6 Å². The molecule has 3 nitrogen and oxygen atoms in total. The number of rotatable bonds is 5. The van der Waals surface area contributed by atoms with E-state index >= 15 is 0 Å². The van der Waals surface area contributed by atoms with Crippen molar-refractivity contribution in [1.82, 2.24) is 5.32 Å². The molecule has 1 amide bonds. The van der Waals surface area contributed by atoms with Gasteiger partial charge in [0.15, 0.2) is 0 Å². The summed E-state index contributed by atoms with van der Waals surface area (Å²) in [6, 6.07) is 13.5. The Labute approximate surface area is 117 Å². The summed E-state index contributed by atoms with van der Waals surface area (Å²) in [5, 5.41) is 2.76. The van der Waals surface area contributed by atoms with Gasteiger partial charge >= 0.3 is 0 Å². The van der Waals surface area contributed by atoms with Crippen molar-refractivity contribution >= 4 is 5.91 Å². The summed E-state index contributed by atoms with van der Waals surface area (Å²) < 4.78 is 18.5. The first kappa shape index (κ1) is 14.1. The van der Waals surface area contributed by atoms with Crippen LogP contribution in [0.15, 0.2) is 48.5 Å². The number of ether oxygens (including phenoxy) is 1. The predicted octanol–water partition coefficient (Wildman–Crippen LogP) is 2.81. The van der Waals surface area contributed by atoms with Crippen LogP contribution in [0.25, 0.3) is 0 Å². The topological polar surface area (TPSA) is 38.3 Å². The van der Waals surface area contributed by atoms with Crippen molar-refractivity contribution in [2.24, 2.45) is 0 Å². The fraction of sp³-hybridized carbons (Fsp3) is 0.188. The molecule has 104 valence electrons. The number of amides is 1. The zero-order chi connectivity index (χ0) is 14.4. The Kier molecular flexibility index (Phi) is 4.71. The minimum atomic E-state index is -0.247. The maximum atomic E-state index is 13.4. The Bertz CT molecular complexity index is 599. The van der Waals surface area contributed by atoms with E-state index in [1.807, 2.05) is 0 Å². The first-order valence-corrected chi connectivity index (χ1v) is 6.36. The second kappa shape index (κ2) is 6.70. The zero-order valence-corrected chi connectivity index (χ0v) is 11.2. The third-order valence-corrected chi connectivity index (χ3v) is 2.97. The van der Waals surface area contributed by atoms with Crippen molar-refractivity contribution in [3.8, 4) is 5.75 Å². The Balaban J connectivity index is 1.91. The van der Waals surface area contributed by atoms with Crippen LogP contribution < -0.4 is 10.1 Å². The van der Waals surface area contributed by atoms with Crippen LogP contribution in [-0.2, 0) is 6.42 Å². The van der Waals surface area contributed by atoms with Gasteiger partial charge in [0.2, 0.25) is 0 Å². The second-order valence-corrected chi connectivity index (χ2v) is 4.33. The monoisotopic (exact) mass is 273 g/mol. The quantitative estimate of drug-likeness (QED) is 0.909. The van der Waals surface area contributed by atoms with Gasteiger partial charge in [0.1, 0.15) is 11.6 Å². The van der Waals surface area contributed by atoms with Gasteiger partial charge in [-0.05, 0) is 36.2 Å². The molecule has 4 heteroatoms. The van der Waals surface area contributed by atoms with Gasteiger partial charge in [0.05, 0.1) is 7.11 Å². The van der Waals surface area contributed by atoms with Crippen molar-refractivity contribution < 1.29 is 13.9 Å². The predicted molar refractivity (Wildman–Crippen MR) is 75.4 cm³/mol. The third-order valence-electron chi connectivity index (χ3n) is 2.97. The van der Waals surface area contributed by atoms with Crippen LogP contribution in [0, 0.1) is 5.82 Å². The number of carbonyl (C=O) groups excluding carboxylic acids is 1. The van der Waals surface area contributed by atoms with Gasteiger partial charge in [0.25, 0.3) is 5.91 Å². The maximum absolute atomic E-state index is 13.4. The summed E-state index contributed by atoms with van der Waals surface area (Å²) in [5.41, 5.74) is 1.12. The summed E-state index contributed by atoms with van der Waals surface area (Å²) >= 11 is 0. The van der Waals surface area contributed by atoms with E-state index in [2.05, 4.69) is 5.32 Å². The number of halogens is 1. The fourth-order valence-corrected chi connectivity index (χ4v) is 1.88. The molecule has 0 unspecified atom stereocenters. The zero-order valence-electron chi connectivity index (χ0n) is 11.2. The molecule has 0 spiro atoms. The SMILES string of the molecule is COc1cccc(C(=O)NCCc2ccccc2F)c1. The highest BCUT2D eigenvalue weighted by molar-refractivity contribution is 5.94. The number of hydrogen-bond donors (Lipinski definition) is 1. The molecule has 0 radical (unpaired) electrons. The van der Waals surface area contributed by atoms with Gasteiger partial charge in [-0.2, -0.15) is 0 Å². The van der Waals surface area contributed by atoms with Crippen LogP contribution in [0.4, 0.5) is 4.39 Å². The normalized spacial score (nSPS) is 10.1. The van der Waals surface area contributed by atoms with E-state index in [1.165, 1.54) is 6.07 Å². The van der Waals surface area contributed by atoms with Crippen LogP contribution in [0.5, 0.6) is 5.75 Å². The standard InChI is InChI=1S/C16H16FNO2/c1-20-14-7-4-6-13(11-14)16(19)18-10-9-12-5-2-3-8-15(12)17/h2-8,11H,9-10H2,1H3,(H,18,19). The summed E-state index contributed by atoms with van der Waals surface area (Å²) in [7, 11) is 1.55. The fourth-order valence-electron chi connectivity index (χ4n) is 1.88. The molecule has 0 heterocycles.